The van der Waals surface area contributed by atoms with Gasteiger partial charge < -0.3 is 14.2 Å². The Morgan fingerprint density at radius 1 is 0.550 bits per heavy atom. The molecule has 1 heterocycles. The van der Waals surface area contributed by atoms with Gasteiger partial charge in [0.2, 0.25) is 0 Å². The maximum absolute atomic E-state index is 13.2. The monoisotopic (exact) mass is 522 g/mol. The Labute approximate surface area is 232 Å². The molecule has 0 spiro atoms. The van der Waals surface area contributed by atoms with Gasteiger partial charge in [-0.05, 0) is 56.9 Å². The lowest BCUT2D eigenvalue weighted by atomic mass is 9.92. The highest BCUT2D eigenvalue weighted by molar-refractivity contribution is 6.09. The van der Waals surface area contributed by atoms with Crippen LogP contribution in [0.2, 0.25) is 0 Å². The number of esters is 1. The second kappa shape index (κ2) is 10.2. The van der Waals surface area contributed by atoms with E-state index in [9.17, 15) is 4.79 Å². The molecule has 0 unspecified atom stereocenters. The van der Waals surface area contributed by atoms with E-state index >= 15 is 0 Å². The standard InChI is InChI=1S/C36H26O4/c37-36(28-16-14-25(15-17-28)24-8-2-1-3-9-24)40-29-22-38-32-20-18-26-10-4-6-12-30(26)34(32)35-31-13-7-5-11-27(31)19-21-33(35)39-23-29/h1-21,29H,22-23H2. The lowest BCUT2D eigenvalue weighted by Gasteiger charge is -2.18. The third kappa shape index (κ3) is 4.44. The SMILES string of the molecule is O=C(OC1COc2ccc3ccccc3c2-c2c(ccc3ccccc23)OC1)c1ccc(-c2ccccc2)cc1. The van der Waals surface area contributed by atoms with E-state index in [4.69, 9.17) is 14.2 Å². The molecular formula is C36H26O4. The molecule has 194 valence electrons. The highest BCUT2D eigenvalue weighted by atomic mass is 16.6. The molecule has 4 heteroatoms. The first kappa shape index (κ1) is 24.0. The molecule has 0 fully saturated rings. The molecule has 0 aliphatic carbocycles. The van der Waals surface area contributed by atoms with Crippen LogP contribution in [0.5, 0.6) is 11.5 Å². The van der Waals surface area contributed by atoms with E-state index in [0.29, 0.717) is 5.56 Å². The van der Waals surface area contributed by atoms with Crippen LogP contribution in [0, 0.1) is 0 Å². The molecule has 0 atom stereocenters. The summed E-state index contributed by atoms with van der Waals surface area (Å²) >= 11 is 0. The number of hydrogen-bond acceptors (Lipinski definition) is 4. The van der Waals surface area contributed by atoms with E-state index in [1.807, 2.05) is 78.9 Å². The fourth-order valence-electron chi connectivity index (χ4n) is 5.39. The summed E-state index contributed by atoms with van der Waals surface area (Å²) in [5.41, 5.74) is 4.58. The van der Waals surface area contributed by atoms with Gasteiger partial charge in [-0.25, -0.2) is 4.79 Å². The van der Waals surface area contributed by atoms with Gasteiger partial charge in [0.15, 0.2) is 6.10 Å². The summed E-state index contributed by atoms with van der Waals surface area (Å²) in [5.74, 6) is 1.05. The molecular weight excluding hydrogens is 496 g/mol. The van der Waals surface area contributed by atoms with Crippen LogP contribution in [0.3, 0.4) is 0 Å². The predicted octanol–water partition coefficient (Wildman–Crippen LogP) is 8.32. The minimum Gasteiger partial charge on any atom is -0.489 e. The van der Waals surface area contributed by atoms with Crippen molar-refractivity contribution in [2.75, 3.05) is 13.2 Å². The van der Waals surface area contributed by atoms with E-state index in [0.717, 1.165) is 55.3 Å². The zero-order valence-electron chi connectivity index (χ0n) is 21.7. The van der Waals surface area contributed by atoms with Crippen molar-refractivity contribution in [2.45, 2.75) is 6.10 Å². The van der Waals surface area contributed by atoms with Gasteiger partial charge in [-0.1, -0.05) is 103 Å². The maximum Gasteiger partial charge on any atom is 0.338 e. The molecule has 1 aliphatic heterocycles. The van der Waals surface area contributed by atoms with Crippen molar-refractivity contribution in [1.82, 2.24) is 0 Å². The first-order valence-corrected chi connectivity index (χ1v) is 13.4. The molecule has 0 radical (unpaired) electrons. The van der Waals surface area contributed by atoms with E-state index < -0.39 is 12.1 Å². The van der Waals surface area contributed by atoms with Crippen molar-refractivity contribution in [2.24, 2.45) is 0 Å². The third-order valence-electron chi connectivity index (χ3n) is 7.38. The van der Waals surface area contributed by atoms with Gasteiger partial charge in [-0.3, -0.25) is 0 Å². The van der Waals surface area contributed by atoms with Crippen LogP contribution in [0.25, 0.3) is 43.8 Å². The average Bonchev–Trinajstić information content (AvgIpc) is 3.09. The normalized spacial score (nSPS) is 13.2. The van der Waals surface area contributed by atoms with Crippen molar-refractivity contribution >= 4 is 27.5 Å². The topological polar surface area (TPSA) is 44.8 Å². The zero-order chi connectivity index (χ0) is 26.9. The lowest BCUT2D eigenvalue weighted by Crippen LogP contribution is -2.31. The van der Waals surface area contributed by atoms with Crippen LogP contribution in [-0.2, 0) is 4.74 Å². The van der Waals surface area contributed by atoms with Gasteiger partial charge in [-0.15, -0.1) is 0 Å². The largest absolute Gasteiger partial charge is 0.489 e. The van der Waals surface area contributed by atoms with Gasteiger partial charge in [0.1, 0.15) is 24.7 Å². The van der Waals surface area contributed by atoms with Crippen molar-refractivity contribution < 1.29 is 19.0 Å². The Kier molecular flexibility index (Phi) is 6.14. The molecule has 0 N–H and O–H groups in total. The smallest absolute Gasteiger partial charge is 0.338 e. The van der Waals surface area contributed by atoms with E-state index in [-0.39, 0.29) is 13.2 Å². The van der Waals surface area contributed by atoms with Gasteiger partial charge in [0, 0.05) is 11.1 Å². The summed E-state index contributed by atoms with van der Waals surface area (Å²) in [7, 11) is 0. The molecule has 0 saturated heterocycles. The zero-order valence-corrected chi connectivity index (χ0v) is 21.7. The molecule has 40 heavy (non-hydrogen) atoms. The average molecular weight is 523 g/mol. The summed E-state index contributed by atoms with van der Waals surface area (Å²) in [4.78, 5) is 13.2. The molecule has 0 amide bonds. The summed E-state index contributed by atoms with van der Waals surface area (Å²) in [6, 6.07) is 42.2. The molecule has 6 aromatic rings. The summed E-state index contributed by atoms with van der Waals surface area (Å²) in [6.07, 6.45) is -0.599. The molecule has 6 aromatic carbocycles. The quantitative estimate of drug-likeness (QED) is 0.219. The van der Waals surface area contributed by atoms with Gasteiger partial charge in [0.25, 0.3) is 0 Å². The van der Waals surface area contributed by atoms with Crippen molar-refractivity contribution in [3.05, 3.63) is 133 Å². The molecule has 1 aliphatic rings. The summed E-state index contributed by atoms with van der Waals surface area (Å²) in [5, 5.41) is 4.39. The minimum absolute atomic E-state index is 0.172. The molecule has 0 bridgehead atoms. The van der Waals surface area contributed by atoms with Crippen LogP contribution in [0.1, 0.15) is 10.4 Å². The third-order valence-corrected chi connectivity index (χ3v) is 7.38. The van der Waals surface area contributed by atoms with Crippen molar-refractivity contribution in [1.29, 1.82) is 0 Å². The highest BCUT2D eigenvalue weighted by Crippen LogP contribution is 2.46. The number of carbonyl (C=O) groups excluding carboxylic acids is 1. The summed E-state index contributed by atoms with van der Waals surface area (Å²) in [6.45, 7) is 0.343. The number of fused-ring (bicyclic) bond motifs is 7. The predicted molar refractivity (Wildman–Crippen MR) is 159 cm³/mol. The molecule has 7 rings (SSSR count). The van der Waals surface area contributed by atoms with Crippen molar-refractivity contribution in [3.63, 3.8) is 0 Å². The molecule has 0 saturated carbocycles. The second-order valence-corrected chi connectivity index (χ2v) is 9.91. The van der Waals surface area contributed by atoms with E-state index in [1.54, 1.807) is 12.1 Å². The van der Waals surface area contributed by atoms with Crippen LogP contribution in [-0.4, -0.2) is 25.3 Å². The Balaban J connectivity index is 1.23. The van der Waals surface area contributed by atoms with Gasteiger partial charge in [0.05, 0.1) is 5.56 Å². The lowest BCUT2D eigenvalue weighted by molar-refractivity contribution is 0.00320. The Bertz CT molecular complexity index is 1750. The Morgan fingerprint density at radius 2 is 1.05 bits per heavy atom. The minimum atomic E-state index is -0.599. The summed E-state index contributed by atoms with van der Waals surface area (Å²) < 4.78 is 18.7. The second-order valence-electron chi connectivity index (χ2n) is 9.91. The Hall–Kier alpha value is -5.09. The van der Waals surface area contributed by atoms with Crippen LogP contribution >= 0.6 is 0 Å². The number of benzene rings is 6. The first-order valence-electron chi connectivity index (χ1n) is 13.4. The first-order chi connectivity index (χ1) is 19.7. The van der Waals surface area contributed by atoms with Crippen LogP contribution in [0.4, 0.5) is 0 Å². The highest BCUT2D eigenvalue weighted by Gasteiger charge is 2.25. The van der Waals surface area contributed by atoms with Gasteiger partial charge >= 0.3 is 5.97 Å². The van der Waals surface area contributed by atoms with Crippen LogP contribution in [0.15, 0.2) is 127 Å². The fraction of sp³-hybridized carbons (Fsp3) is 0.0833. The van der Waals surface area contributed by atoms with E-state index in [1.165, 1.54) is 0 Å². The number of carbonyl (C=O) groups is 1. The van der Waals surface area contributed by atoms with Crippen LogP contribution < -0.4 is 9.47 Å². The number of hydrogen-bond donors (Lipinski definition) is 0. The van der Waals surface area contributed by atoms with Gasteiger partial charge in [-0.2, -0.15) is 0 Å². The van der Waals surface area contributed by atoms with Crippen molar-refractivity contribution in [3.8, 4) is 33.8 Å². The maximum atomic E-state index is 13.2. The Morgan fingerprint density at radius 3 is 1.62 bits per heavy atom. The van der Waals surface area contributed by atoms with E-state index in [2.05, 4.69) is 36.4 Å². The number of rotatable bonds is 3. The molecule has 0 aromatic heterocycles. The number of ether oxygens (including phenoxy) is 3. The fourth-order valence-corrected chi connectivity index (χ4v) is 5.39. The molecule has 4 nitrogen and oxygen atoms in total.